The minimum Gasteiger partial charge on any atom is -0.497 e. The van der Waals surface area contributed by atoms with Crippen LogP contribution >= 0.6 is 0 Å². The predicted octanol–water partition coefficient (Wildman–Crippen LogP) is 2.15. The van der Waals surface area contributed by atoms with Gasteiger partial charge in [-0.2, -0.15) is 0 Å². The highest BCUT2D eigenvalue weighted by Crippen LogP contribution is 2.12. The van der Waals surface area contributed by atoms with Crippen LogP contribution in [0.2, 0.25) is 0 Å². The summed E-state index contributed by atoms with van der Waals surface area (Å²) in [6.45, 7) is 6.05. The van der Waals surface area contributed by atoms with E-state index in [0.29, 0.717) is 6.54 Å². The molecule has 0 amide bonds. The van der Waals surface area contributed by atoms with Crippen molar-refractivity contribution in [3.8, 4) is 5.75 Å². The second-order valence-corrected chi connectivity index (χ2v) is 4.38. The van der Waals surface area contributed by atoms with Crippen LogP contribution in [0.1, 0.15) is 26.3 Å². The van der Waals surface area contributed by atoms with E-state index in [1.165, 1.54) is 0 Å². The lowest BCUT2D eigenvalue weighted by Crippen LogP contribution is -2.44. The van der Waals surface area contributed by atoms with Gasteiger partial charge in [0.05, 0.1) is 12.6 Å². The molecule has 0 bridgehead atoms. The van der Waals surface area contributed by atoms with E-state index in [9.17, 15) is 4.79 Å². The lowest BCUT2D eigenvalue weighted by molar-refractivity contribution is -0.122. The number of hydrogen-bond donors (Lipinski definition) is 1. The van der Waals surface area contributed by atoms with Crippen molar-refractivity contribution in [2.75, 3.05) is 7.11 Å². The van der Waals surface area contributed by atoms with Crippen molar-refractivity contribution in [1.29, 1.82) is 0 Å². The topological polar surface area (TPSA) is 38.3 Å². The fourth-order valence-electron chi connectivity index (χ4n) is 1.19. The van der Waals surface area contributed by atoms with E-state index in [2.05, 4.69) is 5.32 Å². The molecule has 0 aliphatic heterocycles. The van der Waals surface area contributed by atoms with Crippen LogP contribution in [0.5, 0.6) is 5.75 Å². The average Bonchev–Trinajstić information content (AvgIpc) is 2.27. The Balaban J connectivity index is 2.58. The quantitative estimate of drug-likeness (QED) is 0.828. The number of benzene rings is 1. The normalized spacial score (nSPS) is 11.2. The van der Waals surface area contributed by atoms with Gasteiger partial charge in [0.25, 0.3) is 0 Å². The Kier molecular flexibility index (Phi) is 4.07. The number of rotatable bonds is 5. The van der Waals surface area contributed by atoms with Gasteiger partial charge in [-0.1, -0.05) is 12.1 Å². The summed E-state index contributed by atoms with van der Waals surface area (Å²) in [4.78, 5) is 11.3. The number of ether oxygens (including phenoxy) is 1. The molecule has 88 valence electrons. The molecule has 1 rings (SSSR count). The Morgan fingerprint density at radius 3 is 2.31 bits per heavy atom. The largest absolute Gasteiger partial charge is 0.497 e. The van der Waals surface area contributed by atoms with E-state index in [1.807, 2.05) is 38.1 Å². The smallest absolute Gasteiger partial charge is 0.149 e. The first kappa shape index (κ1) is 12.7. The number of carbonyl (C=O) groups is 1. The zero-order valence-electron chi connectivity index (χ0n) is 10.3. The molecule has 0 radical (unpaired) electrons. The number of carbonyl (C=O) groups excluding carboxylic acids is 1. The number of methoxy groups -OCH3 is 1. The lowest BCUT2D eigenvalue weighted by Gasteiger charge is -2.23. The molecule has 0 saturated carbocycles. The molecule has 0 aromatic heterocycles. The zero-order valence-corrected chi connectivity index (χ0v) is 10.3. The van der Waals surface area contributed by atoms with Gasteiger partial charge in [0, 0.05) is 6.54 Å². The summed E-state index contributed by atoms with van der Waals surface area (Å²) in [7, 11) is 1.64. The molecular formula is C13H19NO2. The van der Waals surface area contributed by atoms with Gasteiger partial charge in [-0.15, -0.1) is 0 Å². The van der Waals surface area contributed by atoms with Crippen molar-refractivity contribution in [3.63, 3.8) is 0 Å². The molecule has 0 atom stereocenters. The van der Waals surface area contributed by atoms with Gasteiger partial charge < -0.3 is 10.1 Å². The second-order valence-electron chi connectivity index (χ2n) is 4.38. The summed E-state index contributed by atoms with van der Waals surface area (Å²) in [6, 6.07) is 7.81. The SMILES string of the molecule is COc1ccc(CNC(C)(C)C(C)=O)cc1. The fraction of sp³-hybridized carbons (Fsp3) is 0.462. The van der Waals surface area contributed by atoms with E-state index in [1.54, 1.807) is 14.0 Å². The minimum atomic E-state index is -0.472. The third-order valence-corrected chi connectivity index (χ3v) is 2.77. The zero-order chi connectivity index (χ0) is 12.2. The molecule has 0 saturated heterocycles. The van der Waals surface area contributed by atoms with Crippen LogP contribution in [0.15, 0.2) is 24.3 Å². The van der Waals surface area contributed by atoms with Gasteiger partial charge in [0.15, 0.2) is 0 Å². The number of nitrogens with one attached hydrogen (secondary N) is 1. The van der Waals surface area contributed by atoms with E-state index in [4.69, 9.17) is 4.74 Å². The van der Waals surface area contributed by atoms with Crippen LogP contribution < -0.4 is 10.1 Å². The minimum absolute atomic E-state index is 0.140. The van der Waals surface area contributed by atoms with E-state index < -0.39 is 5.54 Å². The van der Waals surface area contributed by atoms with Crippen molar-refractivity contribution in [2.45, 2.75) is 32.9 Å². The van der Waals surface area contributed by atoms with Crippen molar-refractivity contribution in [1.82, 2.24) is 5.32 Å². The summed E-state index contributed by atoms with van der Waals surface area (Å²) in [5.74, 6) is 0.982. The summed E-state index contributed by atoms with van der Waals surface area (Å²) >= 11 is 0. The molecule has 1 aromatic carbocycles. The first-order chi connectivity index (χ1) is 7.45. The molecule has 1 N–H and O–H groups in total. The van der Waals surface area contributed by atoms with Crippen LogP contribution in [-0.2, 0) is 11.3 Å². The molecular weight excluding hydrogens is 202 g/mol. The maximum Gasteiger partial charge on any atom is 0.149 e. The Bertz CT molecular complexity index is 355. The maximum absolute atomic E-state index is 11.3. The van der Waals surface area contributed by atoms with Crippen molar-refractivity contribution < 1.29 is 9.53 Å². The Hall–Kier alpha value is -1.35. The highest BCUT2D eigenvalue weighted by molar-refractivity contribution is 5.85. The summed E-state index contributed by atoms with van der Waals surface area (Å²) in [6.07, 6.45) is 0. The van der Waals surface area contributed by atoms with E-state index >= 15 is 0 Å². The molecule has 3 nitrogen and oxygen atoms in total. The van der Waals surface area contributed by atoms with E-state index in [0.717, 1.165) is 11.3 Å². The molecule has 0 unspecified atom stereocenters. The van der Waals surface area contributed by atoms with Gasteiger partial charge >= 0.3 is 0 Å². The second kappa shape index (κ2) is 5.12. The van der Waals surface area contributed by atoms with Crippen molar-refractivity contribution >= 4 is 5.78 Å². The van der Waals surface area contributed by atoms with Crippen LogP contribution in [0.25, 0.3) is 0 Å². The molecule has 3 heteroatoms. The molecule has 0 heterocycles. The summed E-state index contributed by atoms with van der Waals surface area (Å²) < 4.78 is 5.08. The predicted molar refractivity (Wildman–Crippen MR) is 64.6 cm³/mol. The molecule has 1 aromatic rings. The summed E-state index contributed by atoms with van der Waals surface area (Å²) in [5, 5.41) is 3.22. The third-order valence-electron chi connectivity index (χ3n) is 2.77. The number of Topliss-reactive ketones (excluding diaryl/α,β-unsaturated/α-hetero) is 1. The standard InChI is InChI=1S/C13H19NO2/c1-10(15)13(2,3)14-9-11-5-7-12(16-4)8-6-11/h5-8,14H,9H2,1-4H3. The summed E-state index contributed by atoms with van der Waals surface area (Å²) in [5.41, 5.74) is 0.662. The first-order valence-electron chi connectivity index (χ1n) is 5.34. The number of ketones is 1. The monoisotopic (exact) mass is 221 g/mol. The van der Waals surface area contributed by atoms with Crippen molar-refractivity contribution in [3.05, 3.63) is 29.8 Å². The lowest BCUT2D eigenvalue weighted by atomic mass is 10.00. The first-order valence-corrected chi connectivity index (χ1v) is 5.34. The highest BCUT2D eigenvalue weighted by Gasteiger charge is 2.22. The van der Waals surface area contributed by atoms with Crippen LogP contribution in [0, 0.1) is 0 Å². The van der Waals surface area contributed by atoms with Crippen LogP contribution in [0.4, 0.5) is 0 Å². The third kappa shape index (κ3) is 3.35. The Labute approximate surface area is 96.8 Å². The van der Waals surface area contributed by atoms with Gasteiger partial charge in [-0.25, -0.2) is 0 Å². The van der Waals surface area contributed by atoms with Crippen molar-refractivity contribution in [2.24, 2.45) is 0 Å². The fourth-order valence-corrected chi connectivity index (χ4v) is 1.19. The average molecular weight is 221 g/mol. The molecule has 0 spiro atoms. The van der Waals surface area contributed by atoms with Crippen LogP contribution in [-0.4, -0.2) is 18.4 Å². The molecule has 16 heavy (non-hydrogen) atoms. The van der Waals surface area contributed by atoms with Gasteiger partial charge in [-0.3, -0.25) is 4.79 Å². The maximum atomic E-state index is 11.3. The van der Waals surface area contributed by atoms with Gasteiger partial charge in [-0.05, 0) is 38.5 Å². The van der Waals surface area contributed by atoms with Gasteiger partial charge in [0.1, 0.15) is 11.5 Å². The Morgan fingerprint density at radius 2 is 1.88 bits per heavy atom. The van der Waals surface area contributed by atoms with Gasteiger partial charge in [0.2, 0.25) is 0 Å². The Morgan fingerprint density at radius 1 is 1.31 bits per heavy atom. The highest BCUT2D eigenvalue weighted by atomic mass is 16.5. The molecule has 0 fully saturated rings. The number of hydrogen-bond acceptors (Lipinski definition) is 3. The molecule has 0 aliphatic carbocycles. The van der Waals surface area contributed by atoms with E-state index in [-0.39, 0.29) is 5.78 Å². The van der Waals surface area contributed by atoms with Crippen LogP contribution in [0.3, 0.4) is 0 Å². The molecule has 0 aliphatic rings.